The predicted octanol–water partition coefficient (Wildman–Crippen LogP) is -0.169. The fourth-order valence-electron chi connectivity index (χ4n) is 2.38. The summed E-state index contributed by atoms with van der Waals surface area (Å²) in [6.45, 7) is 2.37. The molecule has 3 rings (SSSR count). The number of aromatic amines is 1. The van der Waals surface area contributed by atoms with Crippen molar-refractivity contribution in [2.75, 3.05) is 11.4 Å². The van der Waals surface area contributed by atoms with E-state index in [9.17, 15) is 4.79 Å². The summed E-state index contributed by atoms with van der Waals surface area (Å²) in [6, 6.07) is 2.19. The lowest BCUT2D eigenvalue weighted by molar-refractivity contribution is 0.317. The largest absolute Gasteiger partial charge is 0.409 e. The molecule has 2 heterocycles. The third kappa shape index (κ3) is 2.54. The zero-order chi connectivity index (χ0) is 15.0. The lowest BCUT2D eigenvalue weighted by atomic mass is 10.3. The maximum atomic E-state index is 11.6. The first-order chi connectivity index (χ1) is 10.1. The van der Waals surface area contributed by atoms with Gasteiger partial charge in [0.25, 0.3) is 0 Å². The van der Waals surface area contributed by atoms with E-state index >= 15 is 0 Å². The Morgan fingerprint density at radius 1 is 1.67 bits per heavy atom. The van der Waals surface area contributed by atoms with Crippen LogP contribution in [0.3, 0.4) is 0 Å². The van der Waals surface area contributed by atoms with Crippen LogP contribution in [0.25, 0.3) is 5.65 Å². The van der Waals surface area contributed by atoms with Gasteiger partial charge < -0.3 is 15.8 Å². The van der Waals surface area contributed by atoms with E-state index in [0.717, 1.165) is 18.7 Å². The lowest BCUT2D eigenvalue weighted by Gasteiger charge is -2.23. The van der Waals surface area contributed by atoms with Crippen LogP contribution in [0.15, 0.2) is 16.0 Å². The SMILES string of the molecule is Cc1nc(N(CCC(N)=NO)C2CC2)cc2n[nH]c(=O)n12. The monoisotopic (exact) mass is 291 g/mol. The Labute approximate surface area is 120 Å². The Morgan fingerprint density at radius 2 is 2.43 bits per heavy atom. The van der Waals surface area contributed by atoms with Gasteiger partial charge in [-0.1, -0.05) is 5.16 Å². The van der Waals surface area contributed by atoms with Gasteiger partial charge in [-0.05, 0) is 19.8 Å². The molecule has 1 aliphatic carbocycles. The van der Waals surface area contributed by atoms with Crippen molar-refractivity contribution in [3.63, 3.8) is 0 Å². The number of fused-ring (bicyclic) bond motifs is 1. The van der Waals surface area contributed by atoms with Crippen LogP contribution in [0.5, 0.6) is 0 Å². The minimum Gasteiger partial charge on any atom is -0.409 e. The maximum absolute atomic E-state index is 11.6. The van der Waals surface area contributed by atoms with Crippen LogP contribution in [0, 0.1) is 6.92 Å². The van der Waals surface area contributed by atoms with Crippen LogP contribution in [0.4, 0.5) is 5.82 Å². The summed E-state index contributed by atoms with van der Waals surface area (Å²) in [5, 5.41) is 18.0. The highest BCUT2D eigenvalue weighted by Gasteiger charge is 2.30. The van der Waals surface area contributed by atoms with Crippen LogP contribution in [0.1, 0.15) is 25.1 Å². The van der Waals surface area contributed by atoms with E-state index in [0.29, 0.717) is 30.5 Å². The van der Waals surface area contributed by atoms with Gasteiger partial charge in [-0.2, -0.15) is 5.10 Å². The first-order valence-corrected chi connectivity index (χ1v) is 6.78. The van der Waals surface area contributed by atoms with E-state index < -0.39 is 0 Å². The number of amidine groups is 1. The van der Waals surface area contributed by atoms with Crippen LogP contribution in [-0.4, -0.2) is 43.2 Å². The summed E-state index contributed by atoms with van der Waals surface area (Å²) < 4.78 is 1.43. The second-order valence-corrected chi connectivity index (χ2v) is 5.15. The first-order valence-electron chi connectivity index (χ1n) is 6.78. The number of rotatable bonds is 5. The molecule has 1 saturated carbocycles. The van der Waals surface area contributed by atoms with Gasteiger partial charge in [0.05, 0.1) is 0 Å². The fourth-order valence-corrected chi connectivity index (χ4v) is 2.38. The molecule has 0 spiro atoms. The molecule has 0 saturated heterocycles. The van der Waals surface area contributed by atoms with Gasteiger partial charge in [-0.15, -0.1) is 0 Å². The van der Waals surface area contributed by atoms with Gasteiger partial charge in [-0.3, -0.25) is 0 Å². The zero-order valence-corrected chi connectivity index (χ0v) is 11.7. The van der Waals surface area contributed by atoms with E-state index in [1.165, 1.54) is 4.40 Å². The van der Waals surface area contributed by atoms with E-state index in [4.69, 9.17) is 10.9 Å². The fraction of sp³-hybridized carbons (Fsp3) is 0.500. The molecule has 112 valence electrons. The van der Waals surface area contributed by atoms with E-state index in [2.05, 4.69) is 25.2 Å². The molecule has 0 radical (unpaired) electrons. The van der Waals surface area contributed by atoms with Gasteiger partial charge in [-0.25, -0.2) is 19.3 Å². The summed E-state index contributed by atoms with van der Waals surface area (Å²) in [4.78, 5) is 18.2. The molecule has 1 aliphatic rings. The highest BCUT2D eigenvalue weighted by Crippen LogP contribution is 2.31. The van der Waals surface area contributed by atoms with Crippen LogP contribution in [0.2, 0.25) is 0 Å². The van der Waals surface area contributed by atoms with Gasteiger partial charge in [0.2, 0.25) is 0 Å². The zero-order valence-electron chi connectivity index (χ0n) is 11.7. The smallest absolute Gasteiger partial charge is 0.349 e. The van der Waals surface area contributed by atoms with Gasteiger partial charge in [0.15, 0.2) is 5.65 Å². The highest BCUT2D eigenvalue weighted by molar-refractivity contribution is 5.80. The number of hydrogen-bond acceptors (Lipinski definition) is 6. The molecular formula is C12H17N7O2. The number of aromatic nitrogens is 4. The third-order valence-corrected chi connectivity index (χ3v) is 3.58. The van der Waals surface area contributed by atoms with Crippen molar-refractivity contribution in [1.29, 1.82) is 0 Å². The molecule has 0 atom stereocenters. The van der Waals surface area contributed by atoms with Crippen LogP contribution in [-0.2, 0) is 0 Å². The van der Waals surface area contributed by atoms with Gasteiger partial charge >= 0.3 is 5.69 Å². The minimum absolute atomic E-state index is 0.189. The molecule has 0 unspecified atom stereocenters. The van der Waals surface area contributed by atoms with Crippen molar-refractivity contribution < 1.29 is 5.21 Å². The summed E-state index contributed by atoms with van der Waals surface area (Å²) in [5.74, 6) is 1.53. The summed E-state index contributed by atoms with van der Waals surface area (Å²) >= 11 is 0. The molecule has 0 bridgehead atoms. The molecule has 9 nitrogen and oxygen atoms in total. The lowest BCUT2D eigenvalue weighted by Crippen LogP contribution is -2.31. The Balaban J connectivity index is 1.94. The van der Waals surface area contributed by atoms with Crippen LogP contribution < -0.4 is 16.3 Å². The quantitative estimate of drug-likeness (QED) is 0.304. The number of anilines is 1. The minimum atomic E-state index is -0.295. The van der Waals surface area contributed by atoms with E-state index in [1.807, 2.05) is 0 Å². The highest BCUT2D eigenvalue weighted by atomic mass is 16.4. The van der Waals surface area contributed by atoms with Crippen molar-refractivity contribution >= 4 is 17.3 Å². The van der Waals surface area contributed by atoms with Crippen molar-refractivity contribution in [2.45, 2.75) is 32.2 Å². The normalized spacial score (nSPS) is 15.6. The Kier molecular flexibility index (Phi) is 3.24. The molecule has 2 aromatic heterocycles. The summed E-state index contributed by atoms with van der Waals surface area (Å²) in [7, 11) is 0. The molecule has 2 aromatic rings. The predicted molar refractivity (Wildman–Crippen MR) is 76.7 cm³/mol. The molecule has 1 fully saturated rings. The third-order valence-electron chi connectivity index (χ3n) is 3.58. The molecule has 9 heteroatoms. The number of hydrogen-bond donors (Lipinski definition) is 3. The van der Waals surface area contributed by atoms with Crippen molar-refractivity contribution in [3.8, 4) is 0 Å². The maximum Gasteiger partial charge on any atom is 0.349 e. The van der Waals surface area contributed by atoms with E-state index in [1.54, 1.807) is 13.0 Å². The van der Waals surface area contributed by atoms with Crippen LogP contribution >= 0.6 is 0 Å². The summed E-state index contributed by atoms with van der Waals surface area (Å²) in [6.07, 6.45) is 2.64. The molecule has 0 amide bonds. The summed E-state index contributed by atoms with van der Waals surface area (Å²) in [5.41, 5.74) is 5.78. The van der Waals surface area contributed by atoms with Crippen molar-refractivity contribution in [2.24, 2.45) is 10.9 Å². The number of nitrogens with one attached hydrogen (secondary N) is 1. The van der Waals surface area contributed by atoms with Gasteiger partial charge in [0, 0.05) is 25.1 Å². The Bertz CT molecular complexity index is 744. The molecular weight excluding hydrogens is 274 g/mol. The average molecular weight is 291 g/mol. The standard InChI is InChI=1S/C12H17N7O2/c1-7-14-10(6-11-15-16-12(20)19(7)11)18(8-2-3-8)5-4-9(13)17-21/h6,8,21H,2-5H2,1H3,(H2,13,17)(H,16,20). The second kappa shape index (κ2) is 5.08. The number of nitrogens with zero attached hydrogens (tertiary/aromatic N) is 5. The second-order valence-electron chi connectivity index (χ2n) is 5.15. The topological polar surface area (TPSA) is 125 Å². The molecule has 21 heavy (non-hydrogen) atoms. The molecule has 0 aliphatic heterocycles. The van der Waals surface area contributed by atoms with E-state index in [-0.39, 0.29) is 11.5 Å². The Morgan fingerprint density at radius 3 is 3.10 bits per heavy atom. The number of H-pyrrole nitrogens is 1. The number of oxime groups is 1. The van der Waals surface area contributed by atoms with Crippen molar-refractivity contribution in [1.82, 2.24) is 19.6 Å². The Hall–Kier alpha value is -2.58. The molecule has 4 N–H and O–H groups in total. The van der Waals surface area contributed by atoms with Gasteiger partial charge in [0.1, 0.15) is 17.5 Å². The molecule has 0 aromatic carbocycles. The number of nitrogens with two attached hydrogens (primary N) is 1. The first kappa shape index (κ1) is 13.4. The number of aryl methyl sites for hydroxylation is 1. The van der Waals surface area contributed by atoms with Crippen molar-refractivity contribution in [3.05, 3.63) is 22.4 Å². The average Bonchev–Trinajstić information content (AvgIpc) is 3.22.